The van der Waals surface area contributed by atoms with Crippen LogP contribution in [-0.4, -0.2) is 54.8 Å². The van der Waals surface area contributed by atoms with E-state index in [2.05, 4.69) is 18.7 Å². The lowest BCUT2D eigenvalue weighted by molar-refractivity contribution is -0.124. The van der Waals surface area contributed by atoms with Gasteiger partial charge in [-0.25, -0.2) is 0 Å². The Balaban J connectivity index is 2.11. The number of imide groups is 1. The molecule has 1 fully saturated rings. The Morgan fingerprint density at radius 1 is 1.04 bits per heavy atom. The topological polar surface area (TPSA) is 43.9 Å². The van der Waals surface area contributed by atoms with Gasteiger partial charge in [0.2, 0.25) is 0 Å². The third-order valence-electron chi connectivity index (χ3n) is 4.00. The molecule has 0 N–H and O–H groups in total. The summed E-state index contributed by atoms with van der Waals surface area (Å²) in [5, 5.41) is -0.182. The first-order chi connectivity index (χ1) is 12.0. The van der Waals surface area contributed by atoms with E-state index in [0.717, 1.165) is 48.9 Å². The van der Waals surface area contributed by atoms with Crippen molar-refractivity contribution in [3.05, 3.63) is 34.7 Å². The fraction of sp³-hybridized carbons (Fsp3) is 0.474. The highest BCUT2D eigenvalue weighted by atomic mass is 32.2. The van der Waals surface area contributed by atoms with Crippen molar-refractivity contribution in [2.75, 3.05) is 38.8 Å². The van der Waals surface area contributed by atoms with Crippen molar-refractivity contribution in [2.45, 2.75) is 26.7 Å². The molecule has 1 aromatic rings. The molecule has 1 heterocycles. The van der Waals surface area contributed by atoms with Gasteiger partial charge in [-0.2, -0.15) is 0 Å². The molecule has 0 bridgehead atoms. The first-order valence-corrected chi connectivity index (χ1v) is 9.53. The summed E-state index contributed by atoms with van der Waals surface area (Å²) in [4.78, 5) is 30.9. The fourth-order valence-corrected chi connectivity index (χ4v) is 3.56. The van der Waals surface area contributed by atoms with Crippen molar-refractivity contribution in [2.24, 2.45) is 0 Å². The lowest BCUT2D eigenvalue weighted by Gasteiger charge is -2.25. The van der Waals surface area contributed by atoms with E-state index < -0.39 is 0 Å². The molecule has 1 saturated heterocycles. The molecule has 0 saturated carbocycles. The number of benzene rings is 1. The number of carbonyl (C=O) groups is 2. The van der Waals surface area contributed by atoms with E-state index in [1.165, 1.54) is 4.90 Å². The van der Waals surface area contributed by atoms with Crippen LogP contribution < -0.4 is 4.90 Å². The van der Waals surface area contributed by atoms with Gasteiger partial charge in [0.25, 0.3) is 11.1 Å². The molecule has 0 unspecified atom stereocenters. The largest absolute Gasteiger partial charge is 0.378 e. The SMILES string of the molecule is CCCN(CCC)CN1C(=O)S/C(=C\c2ccc(N(C)C)cc2)C1=O. The molecule has 1 aromatic carbocycles. The summed E-state index contributed by atoms with van der Waals surface area (Å²) in [6.45, 7) is 6.37. The standard InChI is InChI=1S/C19H27N3O2S/c1-5-11-21(12-6-2)14-22-18(23)17(25-19(22)24)13-15-7-9-16(10-8-15)20(3)4/h7-10,13H,5-6,11-12,14H2,1-4H3/b17-13-. The maximum atomic E-state index is 12.6. The van der Waals surface area contributed by atoms with Gasteiger partial charge in [0.15, 0.2) is 0 Å². The molecule has 0 aromatic heterocycles. The lowest BCUT2D eigenvalue weighted by atomic mass is 10.2. The van der Waals surface area contributed by atoms with E-state index in [1.54, 1.807) is 6.08 Å². The van der Waals surface area contributed by atoms with Crippen LogP contribution in [0.5, 0.6) is 0 Å². The van der Waals surface area contributed by atoms with Crippen LogP contribution in [0.1, 0.15) is 32.3 Å². The molecular weight excluding hydrogens is 334 g/mol. The number of anilines is 1. The predicted molar refractivity (Wildman–Crippen MR) is 106 cm³/mol. The van der Waals surface area contributed by atoms with Gasteiger partial charge in [-0.15, -0.1) is 0 Å². The average Bonchev–Trinajstić information content (AvgIpc) is 2.83. The smallest absolute Gasteiger partial charge is 0.294 e. The highest BCUT2D eigenvalue weighted by Crippen LogP contribution is 2.32. The Morgan fingerprint density at radius 3 is 2.16 bits per heavy atom. The van der Waals surface area contributed by atoms with Crippen molar-refractivity contribution >= 4 is 34.7 Å². The van der Waals surface area contributed by atoms with Crippen molar-refractivity contribution < 1.29 is 9.59 Å². The summed E-state index contributed by atoms with van der Waals surface area (Å²) in [5.41, 5.74) is 2.02. The first kappa shape index (κ1) is 19.5. The van der Waals surface area contributed by atoms with Crippen LogP contribution in [0, 0.1) is 0 Å². The molecule has 1 aliphatic heterocycles. The summed E-state index contributed by atoms with van der Waals surface area (Å²) in [6, 6.07) is 7.92. The summed E-state index contributed by atoms with van der Waals surface area (Å²) in [5.74, 6) is -0.191. The van der Waals surface area contributed by atoms with Gasteiger partial charge in [-0.3, -0.25) is 19.4 Å². The number of carbonyl (C=O) groups excluding carboxylic acids is 2. The molecule has 5 nitrogen and oxygen atoms in total. The molecular formula is C19H27N3O2S. The molecule has 0 atom stereocenters. The summed E-state index contributed by atoms with van der Waals surface area (Å²) < 4.78 is 0. The van der Waals surface area contributed by atoms with E-state index in [9.17, 15) is 9.59 Å². The summed E-state index contributed by atoms with van der Waals surface area (Å²) >= 11 is 1.03. The molecule has 2 amide bonds. The van der Waals surface area contributed by atoms with Gasteiger partial charge < -0.3 is 4.90 Å². The second-order valence-electron chi connectivity index (χ2n) is 6.36. The van der Waals surface area contributed by atoms with E-state index >= 15 is 0 Å². The third-order valence-corrected chi connectivity index (χ3v) is 4.91. The van der Waals surface area contributed by atoms with Crippen LogP contribution >= 0.6 is 11.8 Å². The van der Waals surface area contributed by atoms with E-state index in [1.807, 2.05) is 43.3 Å². The second-order valence-corrected chi connectivity index (χ2v) is 7.35. The molecule has 6 heteroatoms. The van der Waals surface area contributed by atoms with Gasteiger partial charge in [0, 0.05) is 19.8 Å². The van der Waals surface area contributed by atoms with Crippen molar-refractivity contribution in [1.29, 1.82) is 0 Å². The van der Waals surface area contributed by atoms with Crippen molar-refractivity contribution in [3.8, 4) is 0 Å². The zero-order valence-corrected chi connectivity index (χ0v) is 16.3. The quantitative estimate of drug-likeness (QED) is 0.658. The molecule has 136 valence electrons. The Morgan fingerprint density at radius 2 is 1.64 bits per heavy atom. The molecule has 25 heavy (non-hydrogen) atoms. The van der Waals surface area contributed by atoms with Crippen molar-refractivity contribution in [3.63, 3.8) is 0 Å². The molecule has 2 rings (SSSR count). The summed E-state index contributed by atoms with van der Waals surface area (Å²) in [7, 11) is 3.97. The number of nitrogens with zero attached hydrogens (tertiary/aromatic N) is 3. The maximum absolute atomic E-state index is 12.6. The zero-order chi connectivity index (χ0) is 18.4. The normalized spacial score (nSPS) is 16.4. The van der Waals surface area contributed by atoms with Crippen LogP contribution in [0.4, 0.5) is 10.5 Å². The van der Waals surface area contributed by atoms with Gasteiger partial charge in [-0.1, -0.05) is 26.0 Å². The number of hydrogen-bond donors (Lipinski definition) is 0. The maximum Gasteiger partial charge on any atom is 0.294 e. The molecule has 1 aliphatic rings. The highest BCUT2D eigenvalue weighted by Gasteiger charge is 2.35. The number of hydrogen-bond acceptors (Lipinski definition) is 5. The zero-order valence-electron chi connectivity index (χ0n) is 15.5. The predicted octanol–water partition coefficient (Wildman–Crippen LogP) is 3.87. The minimum atomic E-state index is -0.191. The Labute approximate surface area is 154 Å². The third kappa shape index (κ3) is 5.09. The van der Waals surface area contributed by atoms with Crippen LogP contribution in [-0.2, 0) is 4.79 Å². The Kier molecular flexibility index (Phi) is 7.08. The van der Waals surface area contributed by atoms with Crippen molar-refractivity contribution in [1.82, 2.24) is 9.80 Å². The number of rotatable bonds is 8. The fourth-order valence-electron chi connectivity index (χ4n) is 2.73. The number of amides is 2. The van der Waals surface area contributed by atoms with Crippen LogP contribution in [0.3, 0.4) is 0 Å². The second kappa shape index (κ2) is 9.06. The lowest BCUT2D eigenvalue weighted by Crippen LogP contribution is -2.41. The first-order valence-electron chi connectivity index (χ1n) is 8.71. The number of thioether (sulfide) groups is 1. The molecule has 0 radical (unpaired) electrons. The van der Waals surface area contributed by atoms with Crippen LogP contribution in [0.25, 0.3) is 6.08 Å². The Bertz CT molecular complexity index is 635. The van der Waals surface area contributed by atoms with Crippen LogP contribution in [0.15, 0.2) is 29.2 Å². The monoisotopic (exact) mass is 361 g/mol. The summed E-state index contributed by atoms with van der Waals surface area (Å²) in [6.07, 6.45) is 3.81. The van der Waals surface area contributed by atoms with E-state index in [4.69, 9.17) is 0 Å². The van der Waals surface area contributed by atoms with E-state index in [-0.39, 0.29) is 11.1 Å². The molecule has 0 aliphatic carbocycles. The van der Waals surface area contributed by atoms with E-state index in [0.29, 0.717) is 11.6 Å². The highest BCUT2D eigenvalue weighted by molar-refractivity contribution is 8.18. The minimum absolute atomic E-state index is 0.182. The Hall–Kier alpha value is -1.79. The van der Waals surface area contributed by atoms with Crippen LogP contribution in [0.2, 0.25) is 0 Å². The van der Waals surface area contributed by atoms with Gasteiger partial charge in [-0.05, 0) is 61.5 Å². The van der Waals surface area contributed by atoms with Gasteiger partial charge in [0.05, 0.1) is 11.6 Å². The van der Waals surface area contributed by atoms with Gasteiger partial charge >= 0.3 is 0 Å². The average molecular weight is 362 g/mol. The van der Waals surface area contributed by atoms with Gasteiger partial charge in [0.1, 0.15) is 0 Å². The molecule has 0 spiro atoms. The minimum Gasteiger partial charge on any atom is -0.378 e.